The molecule has 2 aromatic heterocycles. The Morgan fingerprint density at radius 3 is 1.20 bits per heavy atom. The lowest BCUT2D eigenvalue weighted by Gasteiger charge is -2.13. The van der Waals surface area contributed by atoms with E-state index in [1.807, 2.05) is 0 Å². The van der Waals surface area contributed by atoms with Gasteiger partial charge in [-0.3, -0.25) is 0 Å². The first-order valence-corrected chi connectivity index (χ1v) is 12.1. The maximum absolute atomic E-state index is 16.9. The van der Waals surface area contributed by atoms with Crippen LogP contribution >= 0.6 is 0 Å². The number of pyridine rings is 2. The van der Waals surface area contributed by atoms with Crippen molar-refractivity contribution >= 4 is 33.4 Å². The Hall–Kier alpha value is -7.81. The van der Waals surface area contributed by atoms with Gasteiger partial charge in [0.05, 0.1) is 11.1 Å². The van der Waals surface area contributed by atoms with Crippen LogP contribution in [0.15, 0.2) is 41.5 Å². The predicted octanol–water partition coefficient (Wildman–Crippen LogP) is 5.13. The van der Waals surface area contributed by atoms with Crippen LogP contribution < -0.4 is 0 Å². The number of benzene rings is 1. The van der Waals surface area contributed by atoms with E-state index in [4.69, 9.17) is 0 Å². The summed E-state index contributed by atoms with van der Waals surface area (Å²) in [5.41, 5.74) is -6.54. The van der Waals surface area contributed by atoms with Crippen molar-refractivity contribution in [3.63, 3.8) is 0 Å². The van der Waals surface area contributed by atoms with Crippen LogP contribution in [0.25, 0.3) is 33.4 Å². The average molecular weight is 586 g/mol. The third-order valence-corrected chi connectivity index (χ3v) is 6.95. The number of allylic oxidation sites excluding steroid dienone is 8. The molecule has 5 rings (SSSR count). The Kier molecular flexibility index (Phi) is 6.94. The first-order chi connectivity index (χ1) is 21.7. The first-order valence-electron chi connectivity index (χ1n) is 12.1. The summed E-state index contributed by atoms with van der Waals surface area (Å²) in [6.45, 7) is 0. The summed E-state index contributed by atoms with van der Waals surface area (Å²) >= 11 is 0. The Bertz CT molecular complexity index is 2240. The molecular weight excluding hydrogens is 581 g/mol. The quantitative estimate of drug-likeness (QED) is 0.284. The highest BCUT2D eigenvalue weighted by Crippen LogP contribution is 2.56. The van der Waals surface area contributed by atoms with Crippen molar-refractivity contribution in [1.29, 1.82) is 42.1 Å². The molecule has 2 heterocycles. The molecule has 2 aliphatic rings. The molecule has 0 saturated carbocycles. The van der Waals surface area contributed by atoms with Crippen LogP contribution in [0.3, 0.4) is 0 Å². The minimum atomic E-state index is -1.25. The topological polar surface area (TPSA) is 216 Å². The predicted molar refractivity (Wildman–Crippen MR) is 145 cm³/mol. The Balaban J connectivity index is 2.03. The third-order valence-electron chi connectivity index (χ3n) is 6.95. The van der Waals surface area contributed by atoms with Gasteiger partial charge in [0.2, 0.25) is 11.9 Å². The van der Waals surface area contributed by atoms with Crippen molar-refractivity contribution in [1.82, 2.24) is 9.97 Å². The van der Waals surface area contributed by atoms with E-state index in [2.05, 4.69) is 9.97 Å². The summed E-state index contributed by atoms with van der Waals surface area (Å²) in [6, 6.07) is 18.6. The van der Waals surface area contributed by atoms with Crippen molar-refractivity contribution in [2.45, 2.75) is 0 Å². The van der Waals surface area contributed by atoms with Crippen LogP contribution in [0.5, 0.6) is 0 Å². The maximum Gasteiger partial charge on any atom is 0.214 e. The lowest BCUT2D eigenvalue weighted by molar-refractivity contribution is 0.581. The normalized spacial score (nSPS) is 12.3. The molecule has 0 aliphatic heterocycles. The molecule has 0 saturated heterocycles. The lowest BCUT2D eigenvalue weighted by Crippen LogP contribution is -2.00. The van der Waals surface area contributed by atoms with Crippen molar-refractivity contribution in [3.8, 4) is 48.6 Å². The van der Waals surface area contributed by atoms with Crippen LogP contribution in [0.4, 0.5) is 13.2 Å². The number of rotatable bonds is 2. The monoisotopic (exact) mass is 586 g/mol. The second-order valence-electron chi connectivity index (χ2n) is 8.99. The molecule has 10 nitrogen and oxygen atoms in total. The zero-order valence-electron chi connectivity index (χ0n) is 22.0. The number of fused-ring (bicyclic) bond motifs is 2. The fourth-order valence-corrected chi connectivity index (χ4v) is 5.30. The van der Waals surface area contributed by atoms with Gasteiger partial charge in [0, 0.05) is 44.5 Å². The van der Waals surface area contributed by atoms with E-state index in [0.29, 0.717) is 0 Å². The smallest absolute Gasteiger partial charge is 0.208 e. The van der Waals surface area contributed by atoms with Crippen LogP contribution in [0.2, 0.25) is 0 Å². The minimum absolute atomic E-state index is 0.206. The van der Waals surface area contributed by atoms with Crippen molar-refractivity contribution in [2.24, 2.45) is 0 Å². The molecule has 0 atom stereocenters. The maximum atomic E-state index is 16.9. The van der Waals surface area contributed by atoms with Crippen molar-refractivity contribution < 1.29 is 13.2 Å². The highest BCUT2D eigenvalue weighted by molar-refractivity contribution is 6.30. The molecule has 0 amide bonds. The summed E-state index contributed by atoms with van der Waals surface area (Å²) in [7, 11) is 0. The largest absolute Gasteiger partial charge is 0.214 e. The van der Waals surface area contributed by atoms with Crippen LogP contribution in [0, 0.1) is 108 Å². The van der Waals surface area contributed by atoms with Gasteiger partial charge in [0.25, 0.3) is 0 Å². The Morgan fingerprint density at radius 1 is 0.511 bits per heavy atom. The fourth-order valence-electron chi connectivity index (χ4n) is 5.30. The molecule has 0 radical (unpaired) electrons. The summed E-state index contributed by atoms with van der Waals surface area (Å²) in [4.78, 5) is 7.01. The number of nitriles is 8. The summed E-state index contributed by atoms with van der Waals surface area (Å²) < 4.78 is 44.8. The molecule has 0 N–H and O–H groups in total. The van der Waals surface area contributed by atoms with Gasteiger partial charge in [-0.1, -0.05) is 0 Å². The van der Waals surface area contributed by atoms with Crippen LogP contribution in [-0.2, 0) is 0 Å². The second kappa shape index (κ2) is 10.9. The molecule has 204 valence electrons. The van der Waals surface area contributed by atoms with E-state index in [0.717, 1.165) is 30.3 Å². The first kappa shape index (κ1) is 28.7. The van der Waals surface area contributed by atoms with E-state index < -0.39 is 62.5 Å². The summed E-state index contributed by atoms with van der Waals surface area (Å²) in [6.07, 6.45) is 0. The molecule has 2 aliphatic carbocycles. The number of aromatic nitrogens is 2. The SMILES string of the molecule is N#CC(C#N)=C1C(c2ccc(F)nc2C#N)=C(C#N)c2c1cc1c(c2F)C(C#N)=C(c2ccc(F)nc2C#N)C1=C(C#N)C#N. The molecule has 1 aromatic carbocycles. The zero-order chi connectivity index (χ0) is 32.6. The molecule has 0 bridgehead atoms. The van der Waals surface area contributed by atoms with E-state index >= 15 is 4.39 Å². The average Bonchev–Trinajstić information content (AvgIpc) is 3.55. The van der Waals surface area contributed by atoms with Gasteiger partial charge in [-0.25, -0.2) is 14.4 Å². The molecule has 3 aromatic rings. The standard InChI is InChI=1S/C32H5F3N10/c33-24-3-1-16(22(12-42)44-24)28-20(10-40)30-18(26(28)14(6-36)7-37)5-19-27(15(8-38)9-39)29(21(11-41)31(19)32(30)35)17-2-4-25(34)45-23(17)13-43/h1-5H. The van der Waals surface area contributed by atoms with E-state index in [1.54, 1.807) is 48.6 Å². The second-order valence-corrected chi connectivity index (χ2v) is 8.99. The highest BCUT2D eigenvalue weighted by Gasteiger charge is 2.41. The van der Waals surface area contributed by atoms with Gasteiger partial charge in [-0.05, 0) is 41.5 Å². The fraction of sp³-hybridized carbons (Fsp3) is 0. The van der Waals surface area contributed by atoms with Gasteiger partial charge in [-0.15, -0.1) is 0 Å². The van der Waals surface area contributed by atoms with Gasteiger partial charge in [0.15, 0.2) is 11.4 Å². The molecule has 0 unspecified atom stereocenters. The van der Waals surface area contributed by atoms with E-state index in [9.17, 15) is 50.9 Å². The molecular formula is C32H5F3N10. The molecule has 0 fully saturated rings. The van der Waals surface area contributed by atoms with Crippen molar-refractivity contribution in [2.75, 3.05) is 0 Å². The molecule has 0 spiro atoms. The van der Waals surface area contributed by atoms with Crippen molar-refractivity contribution in [3.05, 3.63) is 104 Å². The highest BCUT2D eigenvalue weighted by atomic mass is 19.1. The summed E-state index contributed by atoms with van der Waals surface area (Å²) in [5, 5.41) is 79.2. The van der Waals surface area contributed by atoms with Crippen LogP contribution in [0.1, 0.15) is 44.8 Å². The minimum Gasteiger partial charge on any atom is -0.208 e. The van der Waals surface area contributed by atoms with Gasteiger partial charge < -0.3 is 0 Å². The number of halogens is 3. The number of nitrogens with zero attached hydrogens (tertiary/aromatic N) is 10. The lowest BCUT2D eigenvalue weighted by atomic mass is 9.88. The van der Waals surface area contributed by atoms with Gasteiger partial charge in [-0.2, -0.15) is 50.9 Å². The summed E-state index contributed by atoms with van der Waals surface area (Å²) in [5.74, 6) is -3.36. The number of hydrogen-bond donors (Lipinski definition) is 0. The Morgan fingerprint density at radius 2 is 0.889 bits per heavy atom. The van der Waals surface area contributed by atoms with E-state index in [1.165, 1.54) is 0 Å². The van der Waals surface area contributed by atoms with E-state index in [-0.39, 0.29) is 44.5 Å². The van der Waals surface area contributed by atoms with Gasteiger partial charge in [0.1, 0.15) is 65.5 Å². The zero-order valence-corrected chi connectivity index (χ0v) is 22.0. The molecule has 45 heavy (non-hydrogen) atoms. The third kappa shape index (κ3) is 4.05. The Labute approximate surface area is 251 Å². The molecule has 13 heteroatoms. The number of hydrogen-bond acceptors (Lipinski definition) is 10. The van der Waals surface area contributed by atoms with Crippen LogP contribution in [-0.4, -0.2) is 9.97 Å². The van der Waals surface area contributed by atoms with Gasteiger partial charge >= 0.3 is 0 Å².